The molecule has 1 rings (SSSR count). The Morgan fingerprint density at radius 2 is 2.10 bits per heavy atom. The van der Waals surface area contributed by atoms with Crippen LogP contribution in [0.25, 0.3) is 0 Å². The molecule has 2 amide bonds. The van der Waals surface area contributed by atoms with Gasteiger partial charge in [-0.25, -0.2) is 4.79 Å². The normalized spacial score (nSPS) is 24.6. The van der Waals surface area contributed by atoms with E-state index in [4.69, 9.17) is 9.84 Å². The highest BCUT2D eigenvalue weighted by molar-refractivity contribution is 5.76. The molecule has 0 aromatic carbocycles. The summed E-state index contributed by atoms with van der Waals surface area (Å²) < 4.78 is 5.12. The van der Waals surface area contributed by atoms with E-state index in [0.29, 0.717) is 26.0 Å². The van der Waals surface area contributed by atoms with Crippen molar-refractivity contribution in [2.75, 3.05) is 20.3 Å². The van der Waals surface area contributed by atoms with E-state index in [1.165, 1.54) is 0 Å². The van der Waals surface area contributed by atoms with Crippen LogP contribution >= 0.6 is 0 Å². The molecule has 0 aliphatic carbocycles. The number of carbonyl (C=O) groups is 2. The molecule has 6 nitrogen and oxygen atoms in total. The van der Waals surface area contributed by atoms with Crippen molar-refractivity contribution in [1.82, 2.24) is 10.2 Å². The van der Waals surface area contributed by atoms with Gasteiger partial charge < -0.3 is 20.1 Å². The van der Waals surface area contributed by atoms with Crippen LogP contribution in [0.15, 0.2) is 0 Å². The summed E-state index contributed by atoms with van der Waals surface area (Å²) in [7, 11) is 1.61. The van der Waals surface area contributed by atoms with Crippen LogP contribution in [0.5, 0.6) is 0 Å². The van der Waals surface area contributed by atoms with E-state index in [1.54, 1.807) is 12.0 Å². The molecular formula is C14H26N2O4. The lowest BCUT2D eigenvalue weighted by atomic mass is 9.92. The fourth-order valence-electron chi connectivity index (χ4n) is 2.52. The van der Waals surface area contributed by atoms with E-state index in [1.807, 2.05) is 20.8 Å². The van der Waals surface area contributed by atoms with Crippen LogP contribution in [0.1, 0.15) is 33.6 Å². The standard InChI is InChI=1S/C14H26N2O4/c1-9(2)12(8-20-4)15-14(19)16-6-5-11(13(17)18)7-10(16)3/h9-12H,5-8H2,1-4H3,(H,15,19)(H,17,18). The van der Waals surface area contributed by atoms with Crippen molar-refractivity contribution in [3.8, 4) is 0 Å². The zero-order valence-corrected chi connectivity index (χ0v) is 12.8. The third-order valence-corrected chi connectivity index (χ3v) is 3.95. The summed E-state index contributed by atoms with van der Waals surface area (Å²) in [6.45, 7) is 6.93. The Kier molecular flexibility index (Phi) is 6.26. The zero-order valence-electron chi connectivity index (χ0n) is 12.8. The fraction of sp³-hybridized carbons (Fsp3) is 0.857. The van der Waals surface area contributed by atoms with Crippen LogP contribution in [0.3, 0.4) is 0 Å². The van der Waals surface area contributed by atoms with Gasteiger partial charge in [0, 0.05) is 19.7 Å². The first kappa shape index (κ1) is 16.8. The number of carboxylic acid groups (broad SMARTS) is 1. The van der Waals surface area contributed by atoms with E-state index in [0.717, 1.165) is 0 Å². The summed E-state index contributed by atoms with van der Waals surface area (Å²) in [4.78, 5) is 25.0. The Labute approximate surface area is 120 Å². The maximum Gasteiger partial charge on any atom is 0.317 e. The third-order valence-electron chi connectivity index (χ3n) is 3.95. The average Bonchev–Trinajstić information content (AvgIpc) is 2.37. The molecule has 0 aromatic heterocycles. The molecule has 0 saturated carbocycles. The largest absolute Gasteiger partial charge is 0.481 e. The second-order valence-corrected chi connectivity index (χ2v) is 5.86. The number of urea groups is 1. The van der Waals surface area contributed by atoms with Crippen LogP contribution in [0, 0.1) is 11.8 Å². The number of aliphatic carboxylic acids is 1. The zero-order chi connectivity index (χ0) is 15.3. The van der Waals surface area contributed by atoms with Gasteiger partial charge in [-0.1, -0.05) is 13.8 Å². The van der Waals surface area contributed by atoms with Crippen molar-refractivity contribution in [1.29, 1.82) is 0 Å². The Morgan fingerprint density at radius 1 is 1.45 bits per heavy atom. The minimum Gasteiger partial charge on any atom is -0.481 e. The molecule has 3 atom stereocenters. The molecule has 20 heavy (non-hydrogen) atoms. The first-order valence-corrected chi connectivity index (χ1v) is 7.15. The fourth-order valence-corrected chi connectivity index (χ4v) is 2.52. The van der Waals surface area contributed by atoms with Crippen LogP contribution in [0.4, 0.5) is 4.79 Å². The highest BCUT2D eigenvalue weighted by atomic mass is 16.5. The summed E-state index contributed by atoms with van der Waals surface area (Å²) >= 11 is 0. The second-order valence-electron chi connectivity index (χ2n) is 5.86. The number of carbonyl (C=O) groups excluding carboxylic acids is 1. The topological polar surface area (TPSA) is 78.9 Å². The van der Waals surface area contributed by atoms with Gasteiger partial charge in [0.25, 0.3) is 0 Å². The van der Waals surface area contributed by atoms with Crippen molar-refractivity contribution in [2.24, 2.45) is 11.8 Å². The van der Waals surface area contributed by atoms with Gasteiger partial charge in [0.15, 0.2) is 0 Å². The molecule has 1 heterocycles. The van der Waals surface area contributed by atoms with E-state index in [9.17, 15) is 9.59 Å². The molecule has 0 radical (unpaired) electrons. The predicted octanol–water partition coefficient (Wildman–Crippen LogP) is 1.55. The summed E-state index contributed by atoms with van der Waals surface area (Å²) in [5.74, 6) is -0.823. The molecule has 1 saturated heterocycles. The van der Waals surface area contributed by atoms with Gasteiger partial charge in [-0.2, -0.15) is 0 Å². The van der Waals surface area contributed by atoms with Crippen molar-refractivity contribution < 1.29 is 19.4 Å². The molecule has 2 N–H and O–H groups in total. The van der Waals surface area contributed by atoms with Crippen molar-refractivity contribution in [3.05, 3.63) is 0 Å². The number of methoxy groups -OCH3 is 1. The Hall–Kier alpha value is -1.30. The van der Waals surface area contributed by atoms with Gasteiger partial charge in [0.05, 0.1) is 18.6 Å². The molecule has 1 aliphatic rings. The molecule has 1 fully saturated rings. The highest BCUT2D eigenvalue weighted by Gasteiger charge is 2.33. The van der Waals surface area contributed by atoms with Crippen molar-refractivity contribution in [3.63, 3.8) is 0 Å². The molecule has 1 aliphatic heterocycles. The van der Waals surface area contributed by atoms with Gasteiger partial charge in [0.2, 0.25) is 0 Å². The first-order valence-electron chi connectivity index (χ1n) is 7.15. The second kappa shape index (κ2) is 7.47. The highest BCUT2D eigenvalue weighted by Crippen LogP contribution is 2.23. The van der Waals surface area contributed by atoms with Crippen molar-refractivity contribution >= 4 is 12.0 Å². The van der Waals surface area contributed by atoms with Crippen LogP contribution in [0.2, 0.25) is 0 Å². The maximum atomic E-state index is 12.3. The maximum absolute atomic E-state index is 12.3. The number of nitrogens with one attached hydrogen (secondary N) is 1. The Bertz CT molecular complexity index is 346. The first-order chi connectivity index (χ1) is 9.36. The number of amides is 2. The molecule has 3 unspecified atom stereocenters. The number of hydrogen-bond donors (Lipinski definition) is 2. The molecule has 0 spiro atoms. The van der Waals surface area contributed by atoms with Crippen molar-refractivity contribution in [2.45, 2.75) is 45.7 Å². The summed E-state index contributed by atoms with van der Waals surface area (Å²) in [6.07, 6.45) is 1.03. The lowest BCUT2D eigenvalue weighted by Crippen LogP contribution is -2.54. The number of piperidine rings is 1. The number of nitrogens with zero attached hydrogens (tertiary/aromatic N) is 1. The predicted molar refractivity (Wildman–Crippen MR) is 75.6 cm³/mol. The monoisotopic (exact) mass is 286 g/mol. The molecular weight excluding hydrogens is 260 g/mol. The summed E-state index contributed by atoms with van der Waals surface area (Å²) in [5, 5.41) is 12.0. The Balaban J connectivity index is 2.57. The van der Waals surface area contributed by atoms with Gasteiger partial charge in [-0.15, -0.1) is 0 Å². The molecule has 0 aromatic rings. The van der Waals surface area contributed by atoms with E-state index in [-0.39, 0.29) is 30.0 Å². The minimum absolute atomic E-state index is 0.0307. The number of carboxylic acids is 1. The minimum atomic E-state index is -0.767. The SMILES string of the molecule is COCC(NC(=O)N1CCC(C(=O)O)CC1C)C(C)C. The third kappa shape index (κ3) is 4.37. The van der Waals surface area contributed by atoms with Crippen LogP contribution < -0.4 is 5.32 Å². The lowest BCUT2D eigenvalue weighted by molar-refractivity contribution is -0.143. The number of hydrogen-bond acceptors (Lipinski definition) is 3. The van der Waals surface area contributed by atoms with Gasteiger partial charge in [-0.05, 0) is 25.7 Å². The van der Waals surface area contributed by atoms with E-state index < -0.39 is 5.97 Å². The quantitative estimate of drug-likeness (QED) is 0.803. The smallest absolute Gasteiger partial charge is 0.317 e. The van der Waals surface area contributed by atoms with Crippen LogP contribution in [-0.2, 0) is 9.53 Å². The van der Waals surface area contributed by atoms with Crippen LogP contribution in [-0.4, -0.2) is 54.4 Å². The van der Waals surface area contributed by atoms with E-state index >= 15 is 0 Å². The molecule has 0 bridgehead atoms. The number of likely N-dealkylation sites (tertiary alicyclic amines) is 1. The van der Waals surface area contributed by atoms with E-state index in [2.05, 4.69) is 5.32 Å². The molecule has 6 heteroatoms. The molecule has 116 valence electrons. The van der Waals surface area contributed by atoms with Gasteiger partial charge in [0.1, 0.15) is 0 Å². The van der Waals surface area contributed by atoms with Gasteiger partial charge >= 0.3 is 12.0 Å². The Morgan fingerprint density at radius 3 is 2.55 bits per heavy atom. The summed E-state index contributed by atoms with van der Waals surface area (Å²) in [6, 6.07) is -0.214. The number of ether oxygens (including phenoxy) is 1. The number of rotatable bonds is 5. The lowest BCUT2D eigenvalue weighted by Gasteiger charge is -2.37. The summed E-state index contributed by atoms with van der Waals surface area (Å²) in [5.41, 5.74) is 0. The van der Waals surface area contributed by atoms with Gasteiger partial charge in [-0.3, -0.25) is 4.79 Å². The average molecular weight is 286 g/mol.